The first-order chi connectivity index (χ1) is 15.7. The molecule has 6 nitrogen and oxygen atoms in total. The Kier molecular flexibility index (Phi) is 9.31. The van der Waals surface area contributed by atoms with Gasteiger partial charge in [0.25, 0.3) is 0 Å². The maximum atomic E-state index is 5.70. The molecule has 0 radical (unpaired) electrons. The van der Waals surface area contributed by atoms with Crippen LogP contribution in [0.25, 0.3) is 0 Å². The number of aliphatic imine (C=N–C) groups is 1. The second-order valence-electron chi connectivity index (χ2n) is 8.46. The molecular weight excluding hydrogens is 525 g/mol. The molecule has 7 heteroatoms. The van der Waals surface area contributed by atoms with E-state index in [2.05, 4.69) is 76.2 Å². The van der Waals surface area contributed by atoms with Crippen LogP contribution in [-0.2, 0) is 23.2 Å². The fraction of sp³-hybridized carbons (Fsp3) is 0.385. The lowest BCUT2D eigenvalue weighted by atomic mass is 9.72. The Morgan fingerprint density at radius 3 is 2.45 bits per heavy atom. The summed E-state index contributed by atoms with van der Waals surface area (Å²) in [7, 11) is 1.83. The first-order valence-corrected chi connectivity index (χ1v) is 11.3. The smallest absolute Gasteiger partial charge is 0.191 e. The summed E-state index contributed by atoms with van der Waals surface area (Å²) in [4.78, 5) is 4.49. The number of nitrogens with zero attached hydrogens (tertiary/aromatic N) is 3. The van der Waals surface area contributed by atoms with Crippen LogP contribution in [0.5, 0.6) is 0 Å². The third kappa shape index (κ3) is 6.35. The highest BCUT2D eigenvalue weighted by Crippen LogP contribution is 2.36. The second-order valence-corrected chi connectivity index (χ2v) is 8.46. The van der Waals surface area contributed by atoms with Gasteiger partial charge in [0.05, 0.1) is 6.54 Å². The van der Waals surface area contributed by atoms with Gasteiger partial charge in [-0.3, -0.25) is 9.67 Å². The number of ether oxygens (including phenoxy) is 1. The van der Waals surface area contributed by atoms with Crippen LogP contribution >= 0.6 is 24.0 Å². The Morgan fingerprint density at radius 1 is 1.03 bits per heavy atom. The van der Waals surface area contributed by atoms with E-state index in [0.29, 0.717) is 6.54 Å². The van der Waals surface area contributed by atoms with Crippen molar-refractivity contribution in [3.8, 4) is 0 Å². The van der Waals surface area contributed by atoms with Crippen molar-refractivity contribution in [3.05, 3.63) is 89.2 Å². The summed E-state index contributed by atoms with van der Waals surface area (Å²) in [6.45, 7) is 6.09. The van der Waals surface area contributed by atoms with Crippen molar-refractivity contribution in [2.45, 2.75) is 38.3 Å². The van der Waals surface area contributed by atoms with Gasteiger partial charge < -0.3 is 15.4 Å². The maximum Gasteiger partial charge on any atom is 0.191 e. The molecule has 0 aliphatic carbocycles. The number of guanidine groups is 1. The normalized spacial score (nSPS) is 15.5. The van der Waals surface area contributed by atoms with E-state index in [1.165, 1.54) is 22.3 Å². The lowest BCUT2D eigenvalue weighted by Gasteiger charge is -2.39. The van der Waals surface area contributed by atoms with Gasteiger partial charge in [-0.25, -0.2) is 0 Å². The fourth-order valence-electron chi connectivity index (χ4n) is 4.58. The minimum atomic E-state index is 0. The van der Waals surface area contributed by atoms with E-state index in [-0.39, 0.29) is 29.4 Å². The summed E-state index contributed by atoms with van der Waals surface area (Å²) >= 11 is 0. The monoisotopic (exact) mass is 559 g/mol. The molecule has 0 amide bonds. The first-order valence-electron chi connectivity index (χ1n) is 11.3. The molecule has 1 fully saturated rings. The van der Waals surface area contributed by atoms with Crippen molar-refractivity contribution in [2.24, 2.45) is 4.99 Å². The molecule has 1 aliphatic rings. The molecule has 0 spiro atoms. The zero-order valence-electron chi connectivity index (χ0n) is 19.5. The van der Waals surface area contributed by atoms with E-state index in [1.807, 2.05) is 30.2 Å². The van der Waals surface area contributed by atoms with Gasteiger partial charge in [0.15, 0.2) is 5.96 Å². The summed E-state index contributed by atoms with van der Waals surface area (Å²) in [6, 6.07) is 19.1. The third-order valence-electron chi connectivity index (χ3n) is 6.44. The van der Waals surface area contributed by atoms with Crippen molar-refractivity contribution in [1.82, 2.24) is 20.4 Å². The molecule has 2 aromatic carbocycles. The topological polar surface area (TPSA) is 63.5 Å². The molecule has 0 atom stereocenters. The van der Waals surface area contributed by atoms with E-state index < -0.39 is 0 Å². The molecule has 176 valence electrons. The van der Waals surface area contributed by atoms with Gasteiger partial charge in [0, 0.05) is 51.2 Å². The molecule has 0 bridgehead atoms. The standard InChI is InChI=1S/C26H33N5O.HI/c1-21-8-3-6-11-24(21)26(12-16-32-17-13-26)20-29-25(27-2)28-18-22-9-4-5-10-23(22)19-31-15-7-14-30-31;/h3-11,14-15H,12-13,16-20H2,1-2H3,(H2,27,28,29);1H. The van der Waals surface area contributed by atoms with E-state index in [1.54, 1.807) is 0 Å². The van der Waals surface area contributed by atoms with Crippen LogP contribution in [-0.4, -0.2) is 42.5 Å². The number of halogens is 1. The highest BCUT2D eigenvalue weighted by atomic mass is 127. The van der Waals surface area contributed by atoms with Gasteiger partial charge in [0.1, 0.15) is 0 Å². The van der Waals surface area contributed by atoms with Gasteiger partial charge in [-0.15, -0.1) is 24.0 Å². The Morgan fingerprint density at radius 2 is 1.76 bits per heavy atom. The van der Waals surface area contributed by atoms with E-state index in [9.17, 15) is 0 Å². The first kappa shape index (κ1) is 25.2. The van der Waals surface area contributed by atoms with Crippen molar-refractivity contribution in [1.29, 1.82) is 0 Å². The molecule has 2 heterocycles. The number of aromatic nitrogens is 2. The molecule has 1 aliphatic heterocycles. The zero-order chi connectivity index (χ0) is 22.2. The van der Waals surface area contributed by atoms with Gasteiger partial charge in [-0.05, 0) is 48.1 Å². The number of aryl methyl sites for hydroxylation is 1. The highest BCUT2D eigenvalue weighted by Gasteiger charge is 2.35. The Labute approximate surface area is 213 Å². The molecule has 3 aromatic rings. The third-order valence-corrected chi connectivity index (χ3v) is 6.44. The minimum Gasteiger partial charge on any atom is -0.381 e. The van der Waals surface area contributed by atoms with Crippen LogP contribution < -0.4 is 10.6 Å². The fourth-order valence-corrected chi connectivity index (χ4v) is 4.58. The van der Waals surface area contributed by atoms with E-state index in [0.717, 1.165) is 45.1 Å². The number of rotatable bonds is 7. The molecule has 1 saturated heterocycles. The molecule has 0 saturated carbocycles. The summed E-state index contributed by atoms with van der Waals surface area (Å²) < 4.78 is 7.65. The molecule has 0 unspecified atom stereocenters. The lowest BCUT2D eigenvalue weighted by molar-refractivity contribution is 0.0512. The van der Waals surface area contributed by atoms with Gasteiger partial charge in [0.2, 0.25) is 0 Å². The van der Waals surface area contributed by atoms with Gasteiger partial charge in [-0.2, -0.15) is 5.10 Å². The Bertz CT molecular complexity index is 1030. The molecule has 33 heavy (non-hydrogen) atoms. The zero-order valence-corrected chi connectivity index (χ0v) is 21.8. The molecule has 2 N–H and O–H groups in total. The van der Waals surface area contributed by atoms with Crippen LogP contribution in [0.4, 0.5) is 0 Å². The highest BCUT2D eigenvalue weighted by molar-refractivity contribution is 14.0. The predicted molar refractivity (Wildman–Crippen MR) is 144 cm³/mol. The van der Waals surface area contributed by atoms with Crippen LogP contribution in [0.15, 0.2) is 72.0 Å². The lowest BCUT2D eigenvalue weighted by Crippen LogP contribution is -2.48. The average Bonchev–Trinajstić information content (AvgIpc) is 3.34. The molecular formula is C26H34IN5O. The Hall–Kier alpha value is -2.39. The average molecular weight is 559 g/mol. The maximum absolute atomic E-state index is 5.70. The van der Waals surface area contributed by atoms with Gasteiger partial charge in [-0.1, -0.05) is 48.5 Å². The number of benzene rings is 2. The van der Waals surface area contributed by atoms with Gasteiger partial charge >= 0.3 is 0 Å². The van der Waals surface area contributed by atoms with E-state index in [4.69, 9.17) is 4.74 Å². The van der Waals surface area contributed by atoms with Crippen molar-refractivity contribution >= 4 is 29.9 Å². The summed E-state index contributed by atoms with van der Waals surface area (Å²) in [5.41, 5.74) is 5.30. The van der Waals surface area contributed by atoms with Crippen LogP contribution in [0.2, 0.25) is 0 Å². The summed E-state index contributed by atoms with van der Waals surface area (Å²) in [5.74, 6) is 0.818. The molecule has 4 rings (SSSR count). The predicted octanol–water partition coefficient (Wildman–Crippen LogP) is 4.27. The largest absolute Gasteiger partial charge is 0.381 e. The summed E-state index contributed by atoms with van der Waals surface area (Å²) in [6.07, 6.45) is 5.82. The second kappa shape index (κ2) is 12.2. The van der Waals surface area contributed by atoms with Crippen LogP contribution in [0, 0.1) is 6.92 Å². The quantitative estimate of drug-likeness (QED) is 0.258. The SMILES string of the molecule is CN=C(NCc1ccccc1Cn1cccn1)NCC1(c2ccccc2C)CCOCC1.I. The van der Waals surface area contributed by atoms with E-state index >= 15 is 0 Å². The van der Waals surface area contributed by atoms with Crippen molar-refractivity contribution in [3.63, 3.8) is 0 Å². The van der Waals surface area contributed by atoms with Crippen molar-refractivity contribution < 1.29 is 4.74 Å². The number of hydrogen-bond acceptors (Lipinski definition) is 3. The minimum absolute atomic E-state index is 0. The number of hydrogen-bond donors (Lipinski definition) is 2. The number of nitrogens with one attached hydrogen (secondary N) is 2. The van der Waals surface area contributed by atoms with Crippen LogP contribution in [0.1, 0.15) is 35.1 Å². The molecule has 1 aromatic heterocycles. The van der Waals surface area contributed by atoms with Crippen LogP contribution in [0.3, 0.4) is 0 Å². The summed E-state index contributed by atoms with van der Waals surface area (Å²) in [5, 5.41) is 11.5. The van der Waals surface area contributed by atoms with Crippen molar-refractivity contribution in [2.75, 3.05) is 26.8 Å². The Balaban J connectivity index is 0.00000306.